The summed E-state index contributed by atoms with van der Waals surface area (Å²) in [4.78, 5) is 4.30. The first-order chi connectivity index (χ1) is 6.75. The maximum absolute atomic E-state index is 5.97. The molecule has 1 aliphatic rings. The zero-order chi connectivity index (χ0) is 9.97. The highest BCUT2D eigenvalue weighted by Crippen LogP contribution is 2.22. The second kappa shape index (κ2) is 4.19. The Morgan fingerprint density at radius 2 is 2.64 bits per heavy atom. The first kappa shape index (κ1) is 9.80. The van der Waals surface area contributed by atoms with Crippen molar-refractivity contribution in [1.29, 1.82) is 0 Å². The van der Waals surface area contributed by atoms with Crippen molar-refractivity contribution in [3.63, 3.8) is 0 Å². The number of hydrogen-bond donors (Lipinski definition) is 2. The molecule has 0 bridgehead atoms. The van der Waals surface area contributed by atoms with Crippen LogP contribution in [0.2, 0.25) is 4.34 Å². The third-order valence-electron chi connectivity index (χ3n) is 2.05. The van der Waals surface area contributed by atoms with Gasteiger partial charge in [-0.05, 0) is 18.4 Å². The van der Waals surface area contributed by atoms with E-state index in [4.69, 9.17) is 11.6 Å². The Bertz CT molecular complexity index is 348. The minimum absolute atomic E-state index is 0.440. The molecule has 0 radical (unpaired) electrons. The maximum atomic E-state index is 5.97. The molecule has 0 amide bonds. The van der Waals surface area contributed by atoms with Crippen molar-refractivity contribution < 1.29 is 0 Å². The number of aliphatic imine (C=N–C) groups is 1. The lowest BCUT2D eigenvalue weighted by molar-refractivity contribution is 0.713. The van der Waals surface area contributed by atoms with E-state index in [0.717, 1.165) is 28.9 Å². The summed E-state index contributed by atoms with van der Waals surface area (Å²) in [7, 11) is 0. The Morgan fingerprint density at radius 3 is 3.21 bits per heavy atom. The molecule has 5 heteroatoms. The molecule has 1 unspecified atom stereocenters. The molecule has 3 nitrogen and oxygen atoms in total. The number of nitrogens with one attached hydrogen (secondary N) is 2. The van der Waals surface area contributed by atoms with Crippen LogP contribution in [0.25, 0.3) is 0 Å². The highest BCUT2D eigenvalue weighted by atomic mass is 35.5. The largest absolute Gasteiger partial charge is 0.352 e. The lowest BCUT2D eigenvalue weighted by Crippen LogP contribution is -2.37. The van der Waals surface area contributed by atoms with E-state index in [0.29, 0.717) is 6.04 Å². The van der Waals surface area contributed by atoms with Crippen molar-refractivity contribution in [2.75, 3.05) is 6.54 Å². The summed E-state index contributed by atoms with van der Waals surface area (Å²) in [5.74, 6) is 0.875. The average Bonchev–Trinajstić information content (AvgIpc) is 2.72. The molecule has 1 aromatic rings. The van der Waals surface area contributed by atoms with Crippen LogP contribution >= 0.6 is 22.9 Å². The summed E-state index contributed by atoms with van der Waals surface area (Å²) in [5, 5.41) is 8.44. The van der Waals surface area contributed by atoms with Crippen LogP contribution in [0.4, 0.5) is 0 Å². The first-order valence-electron chi connectivity index (χ1n) is 4.52. The lowest BCUT2D eigenvalue weighted by atomic mass is 10.3. The van der Waals surface area contributed by atoms with Gasteiger partial charge in [0.05, 0.1) is 10.9 Å². The Hall–Kier alpha value is -0.740. The van der Waals surface area contributed by atoms with E-state index in [1.54, 1.807) is 11.3 Å². The summed E-state index contributed by atoms with van der Waals surface area (Å²) in [6.45, 7) is 3.69. The third-order valence-corrected chi connectivity index (χ3v) is 3.30. The smallest absolute Gasteiger partial charge is 0.191 e. The summed E-state index contributed by atoms with van der Waals surface area (Å²) >= 11 is 7.52. The van der Waals surface area contributed by atoms with Gasteiger partial charge in [0.2, 0.25) is 0 Å². The highest BCUT2D eigenvalue weighted by molar-refractivity contribution is 7.14. The second-order valence-electron chi connectivity index (χ2n) is 3.31. The van der Waals surface area contributed by atoms with Crippen LogP contribution in [-0.4, -0.2) is 18.5 Å². The van der Waals surface area contributed by atoms with Crippen LogP contribution < -0.4 is 10.6 Å². The van der Waals surface area contributed by atoms with Gasteiger partial charge in [-0.1, -0.05) is 11.6 Å². The van der Waals surface area contributed by atoms with Gasteiger partial charge in [0, 0.05) is 18.2 Å². The minimum Gasteiger partial charge on any atom is -0.352 e. The van der Waals surface area contributed by atoms with Gasteiger partial charge < -0.3 is 10.6 Å². The van der Waals surface area contributed by atoms with Crippen LogP contribution in [-0.2, 0) is 6.54 Å². The average molecular weight is 230 g/mol. The van der Waals surface area contributed by atoms with Gasteiger partial charge >= 0.3 is 0 Å². The second-order valence-corrected chi connectivity index (χ2v) is 4.83. The van der Waals surface area contributed by atoms with Gasteiger partial charge in [-0.15, -0.1) is 11.3 Å². The fourth-order valence-electron chi connectivity index (χ4n) is 1.28. The molecule has 0 fully saturated rings. The van der Waals surface area contributed by atoms with Crippen molar-refractivity contribution in [3.05, 3.63) is 21.3 Å². The van der Waals surface area contributed by atoms with Crippen molar-refractivity contribution in [2.45, 2.75) is 19.5 Å². The fourth-order valence-corrected chi connectivity index (χ4v) is 2.21. The summed E-state index contributed by atoms with van der Waals surface area (Å²) in [6.07, 6.45) is 0. The molecule has 1 aliphatic heterocycles. The molecule has 2 N–H and O–H groups in total. The monoisotopic (exact) mass is 229 g/mol. The fraction of sp³-hybridized carbons (Fsp3) is 0.444. The predicted molar refractivity (Wildman–Crippen MR) is 61.1 cm³/mol. The van der Waals surface area contributed by atoms with Gasteiger partial charge in [-0.25, -0.2) is 0 Å². The van der Waals surface area contributed by atoms with E-state index in [9.17, 15) is 0 Å². The number of nitrogens with zero attached hydrogens (tertiary/aromatic N) is 1. The van der Waals surface area contributed by atoms with E-state index in [-0.39, 0.29) is 0 Å². The molecule has 1 atom stereocenters. The zero-order valence-electron chi connectivity index (χ0n) is 7.88. The van der Waals surface area contributed by atoms with Crippen LogP contribution in [0.3, 0.4) is 0 Å². The predicted octanol–water partition coefficient (Wildman–Crippen LogP) is 1.84. The van der Waals surface area contributed by atoms with Crippen molar-refractivity contribution in [3.8, 4) is 0 Å². The molecular weight excluding hydrogens is 218 g/mol. The van der Waals surface area contributed by atoms with Crippen molar-refractivity contribution in [1.82, 2.24) is 10.6 Å². The standard InChI is InChI=1S/C9H12ClN3S/c1-6-4-11-9(13-6)12-5-7-2-3-14-8(7)10/h2-3,6H,4-5H2,1H3,(H2,11,12,13). The van der Waals surface area contributed by atoms with Crippen molar-refractivity contribution in [2.24, 2.45) is 4.99 Å². The zero-order valence-corrected chi connectivity index (χ0v) is 9.45. The van der Waals surface area contributed by atoms with Crippen LogP contribution in [0, 0.1) is 0 Å². The van der Waals surface area contributed by atoms with Crippen LogP contribution in [0.15, 0.2) is 16.4 Å². The first-order valence-corrected chi connectivity index (χ1v) is 5.78. The van der Waals surface area contributed by atoms with E-state index in [2.05, 4.69) is 22.5 Å². The van der Waals surface area contributed by atoms with E-state index >= 15 is 0 Å². The Morgan fingerprint density at radius 1 is 1.79 bits per heavy atom. The normalized spacial score (nSPS) is 20.4. The quantitative estimate of drug-likeness (QED) is 0.812. The Labute approximate surface area is 92.2 Å². The molecule has 0 saturated carbocycles. The summed E-state index contributed by atoms with van der Waals surface area (Å²) in [5.41, 5.74) is 1.13. The summed E-state index contributed by atoms with van der Waals surface area (Å²) in [6, 6.07) is 2.47. The Kier molecular flexibility index (Phi) is 2.93. The SMILES string of the molecule is CC1CN=C(NCc2ccsc2Cl)N1. The molecule has 2 rings (SSSR count). The lowest BCUT2D eigenvalue weighted by Gasteiger charge is -2.07. The molecule has 14 heavy (non-hydrogen) atoms. The van der Waals surface area contributed by atoms with Crippen LogP contribution in [0.5, 0.6) is 0 Å². The topological polar surface area (TPSA) is 36.4 Å². The van der Waals surface area contributed by atoms with E-state index in [1.807, 2.05) is 11.4 Å². The van der Waals surface area contributed by atoms with E-state index < -0.39 is 0 Å². The molecule has 76 valence electrons. The Balaban J connectivity index is 1.86. The number of rotatable bonds is 2. The molecule has 0 saturated heterocycles. The van der Waals surface area contributed by atoms with Gasteiger partial charge in [0.1, 0.15) is 0 Å². The van der Waals surface area contributed by atoms with Gasteiger partial charge in [0.15, 0.2) is 5.96 Å². The number of halogens is 1. The molecule has 1 aromatic heterocycles. The molecule has 0 spiro atoms. The minimum atomic E-state index is 0.440. The maximum Gasteiger partial charge on any atom is 0.191 e. The van der Waals surface area contributed by atoms with Gasteiger partial charge in [-0.2, -0.15) is 0 Å². The number of guanidine groups is 1. The van der Waals surface area contributed by atoms with Crippen molar-refractivity contribution >= 4 is 28.9 Å². The highest BCUT2D eigenvalue weighted by Gasteiger charge is 2.12. The molecular formula is C9H12ClN3S. The third kappa shape index (κ3) is 2.19. The molecule has 0 aromatic carbocycles. The van der Waals surface area contributed by atoms with Gasteiger partial charge in [0.25, 0.3) is 0 Å². The molecule has 2 heterocycles. The van der Waals surface area contributed by atoms with Crippen LogP contribution in [0.1, 0.15) is 12.5 Å². The van der Waals surface area contributed by atoms with E-state index in [1.165, 1.54) is 0 Å². The summed E-state index contributed by atoms with van der Waals surface area (Å²) < 4.78 is 0.851. The number of thiophene rings is 1. The number of hydrogen-bond acceptors (Lipinski definition) is 4. The van der Waals surface area contributed by atoms with Gasteiger partial charge in [-0.3, -0.25) is 4.99 Å². The molecule has 0 aliphatic carbocycles.